The minimum absolute atomic E-state index is 0.191. The second kappa shape index (κ2) is 8.78. The number of hydrogen-bond acceptors (Lipinski definition) is 4. The molecule has 22 heavy (non-hydrogen) atoms. The van der Waals surface area contributed by atoms with Crippen LogP contribution in [0.1, 0.15) is 18.4 Å². The lowest BCUT2D eigenvalue weighted by molar-refractivity contribution is -0.129. The number of amides is 1. The topological polar surface area (TPSA) is 61.4 Å². The Morgan fingerprint density at radius 3 is 2.50 bits per heavy atom. The van der Waals surface area contributed by atoms with E-state index < -0.39 is 5.91 Å². The van der Waals surface area contributed by atoms with Crippen LogP contribution in [0.3, 0.4) is 0 Å². The number of nitrogens with one attached hydrogen (secondary N) is 2. The van der Waals surface area contributed by atoms with Crippen LogP contribution in [0.4, 0.5) is 5.69 Å². The van der Waals surface area contributed by atoms with E-state index in [2.05, 4.69) is 16.6 Å². The highest BCUT2D eigenvalue weighted by atomic mass is 32.2. The van der Waals surface area contributed by atoms with Crippen molar-refractivity contribution >= 4 is 23.5 Å². The van der Waals surface area contributed by atoms with Gasteiger partial charge in [0.15, 0.2) is 0 Å². The first-order valence-electron chi connectivity index (χ1n) is 6.78. The Kier molecular flexibility index (Phi) is 6.37. The molecule has 0 saturated heterocycles. The standard InChI is InChI=1S/C17H16N2O2S/c20-17(18-21)9-5-4-6-14-10-12-15(13-11-14)19-22-16-7-2-1-3-8-16/h1-3,7-8,10-13,19,21H,5,9H2,(H,18,20). The Bertz CT molecular complexity index is 661. The highest BCUT2D eigenvalue weighted by Crippen LogP contribution is 2.20. The van der Waals surface area contributed by atoms with Gasteiger partial charge in [-0.05, 0) is 48.3 Å². The van der Waals surface area contributed by atoms with Gasteiger partial charge in [-0.2, -0.15) is 0 Å². The minimum Gasteiger partial charge on any atom is -0.326 e. The van der Waals surface area contributed by atoms with Gasteiger partial charge in [0, 0.05) is 29.0 Å². The van der Waals surface area contributed by atoms with Gasteiger partial charge in [-0.25, -0.2) is 5.48 Å². The van der Waals surface area contributed by atoms with Gasteiger partial charge in [-0.3, -0.25) is 10.0 Å². The molecule has 0 atom stereocenters. The van der Waals surface area contributed by atoms with E-state index >= 15 is 0 Å². The van der Waals surface area contributed by atoms with Gasteiger partial charge < -0.3 is 4.72 Å². The third-order valence-corrected chi connectivity index (χ3v) is 3.59. The molecule has 5 heteroatoms. The van der Waals surface area contributed by atoms with Crippen molar-refractivity contribution in [3.8, 4) is 11.8 Å². The fourth-order valence-corrected chi connectivity index (χ4v) is 2.29. The highest BCUT2D eigenvalue weighted by Gasteiger charge is 1.96. The number of carbonyl (C=O) groups is 1. The van der Waals surface area contributed by atoms with E-state index in [0.717, 1.165) is 16.1 Å². The molecule has 0 heterocycles. The van der Waals surface area contributed by atoms with Crippen molar-refractivity contribution in [3.63, 3.8) is 0 Å². The molecule has 1 amide bonds. The molecule has 0 radical (unpaired) electrons. The minimum atomic E-state index is -0.424. The van der Waals surface area contributed by atoms with Crippen LogP contribution >= 0.6 is 11.9 Å². The van der Waals surface area contributed by atoms with Gasteiger partial charge in [0.1, 0.15) is 0 Å². The third kappa shape index (κ3) is 5.52. The highest BCUT2D eigenvalue weighted by molar-refractivity contribution is 8.00. The first-order chi connectivity index (χ1) is 10.8. The van der Waals surface area contributed by atoms with Crippen LogP contribution in [0.15, 0.2) is 59.5 Å². The van der Waals surface area contributed by atoms with Crippen LogP contribution in [0.2, 0.25) is 0 Å². The molecule has 0 saturated carbocycles. The maximum atomic E-state index is 10.8. The molecule has 0 aliphatic carbocycles. The summed E-state index contributed by atoms with van der Waals surface area (Å²) in [6.45, 7) is 0. The average Bonchev–Trinajstić information content (AvgIpc) is 2.58. The summed E-state index contributed by atoms with van der Waals surface area (Å²) in [5.74, 6) is 5.45. The van der Waals surface area contributed by atoms with Gasteiger partial charge in [0.2, 0.25) is 5.91 Å². The van der Waals surface area contributed by atoms with Crippen LogP contribution in [0.25, 0.3) is 0 Å². The van der Waals surface area contributed by atoms with E-state index in [9.17, 15) is 4.79 Å². The molecule has 4 nitrogen and oxygen atoms in total. The first kappa shape index (κ1) is 16.0. The van der Waals surface area contributed by atoms with Gasteiger partial charge >= 0.3 is 0 Å². The first-order valence-corrected chi connectivity index (χ1v) is 7.59. The van der Waals surface area contributed by atoms with Crippen molar-refractivity contribution in [3.05, 3.63) is 60.2 Å². The molecule has 2 aromatic carbocycles. The van der Waals surface area contributed by atoms with Crippen molar-refractivity contribution < 1.29 is 10.0 Å². The van der Waals surface area contributed by atoms with Crippen LogP contribution in [-0.2, 0) is 4.79 Å². The molecule has 0 aromatic heterocycles. The third-order valence-electron chi connectivity index (χ3n) is 2.75. The molecule has 3 N–H and O–H groups in total. The van der Waals surface area contributed by atoms with E-state index in [1.807, 2.05) is 54.6 Å². The largest absolute Gasteiger partial charge is 0.326 e. The zero-order valence-corrected chi connectivity index (χ0v) is 12.7. The molecule has 2 aromatic rings. The van der Waals surface area contributed by atoms with Crippen molar-refractivity contribution in [2.45, 2.75) is 17.7 Å². The Labute approximate surface area is 134 Å². The molecule has 0 aliphatic rings. The number of carbonyl (C=O) groups excluding carboxylic acids is 1. The van der Waals surface area contributed by atoms with Crippen LogP contribution < -0.4 is 10.2 Å². The van der Waals surface area contributed by atoms with Crippen molar-refractivity contribution in [2.24, 2.45) is 0 Å². The smallest absolute Gasteiger partial charge is 0.244 e. The molecule has 112 valence electrons. The summed E-state index contributed by atoms with van der Waals surface area (Å²) in [6, 6.07) is 17.8. The lowest BCUT2D eigenvalue weighted by atomic mass is 10.2. The number of benzene rings is 2. The monoisotopic (exact) mass is 312 g/mol. The summed E-state index contributed by atoms with van der Waals surface area (Å²) in [6.07, 6.45) is 0.604. The molecular weight excluding hydrogens is 296 g/mol. The van der Waals surface area contributed by atoms with Gasteiger partial charge in [0.05, 0.1) is 0 Å². The summed E-state index contributed by atoms with van der Waals surface area (Å²) in [4.78, 5) is 12.0. The van der Waals surface area contributed by atoms with Gasteiger partial charge in [-0.1, -0.05) is 30.0 Å². The summed E-state index contributed by atoms with van der Waals surface area (Å²) >= 11 is 1.55. The summed E-state index contributed by atoms with van der Waals surface area (Å²) in [5, 5.41) is 8.36. The summed E-state index contributed by atoms with van der Waals surface area (Å²) < 4.78 is 3.27. The summed E-state index contributed by atoms with van der Waals surface area (Å²) in [7, 11) is 0. The quantitative estimate of drug-likeness (QED) is 0.342. The Balaban J connectivity index is 1.83. The van der Waals surface area contributed by atoms with E-state index in [1.54, 1.807) is 17.4 Å². The maximum absolute atomic E-state index is 10.8. The van der Waals surface area contributed by atoms with Crippen molar-refractivity contribution in [2.75, 3.05) is 4.72 Å². The van der Waals surface area contributed by atoms with Crippen LogP contribution in [0.5, 0.6) is 0 Å². The van der Waals surface area contributed by atoms with Gasteiger partial charge in [-0.15, -0.1) is 0 Å². The van der Waals surface area contributed by atoms with E-state index in [1.165, 1.54) is 0 Å². The van der Waals surface area contributed by atoms with Crippen LogP contribution in [-0.4, -0.2) is 11.1 Å². The second-order valence-corrected chi connectivity index (χ2v) is 5.31. The Hall–Kier alpha value is -2.42. The molecule has 0 unspecified atom stereocenters. The zero-order chi connectivity index (χ0) is 15.6. The average molecular weight is 312 g/mol. The van der Waals surface area contributed by atoms with E-state index in [4.69, 9.17) is 5.21 Å². The Morgan fingerprint density at radius 1 is 1.09 bits per heavy atom. The number of hydroxylamine groups is 1. The molecule has 0 aliphatic heterocycles. The SMILES string of the molecule is O=C(CCC#Cc1ccc(NSc2ccccc2)cc1)NO. The fraction of sp³-hybridized carbons (Fsp3) is 0.118. The van der Waals surface area contributed by atoms with E-state index in [-0.39, 0.29) is 6.42 Å². The number of hydrogen-bond donors (Lipinski definition) is 3. The van der Waals surface area contributed by atoms with Gasteiger partial charge in [0.25, 0.3) is 0 Å². The number of rotatable bonds is 5. The predicted molar refractivity (Wildman–Crippen MR) is 88.4 cm³/mol. The summed E-state index contributed by atoms with van der Waals surface area (Å²) in [5.41, 5.74) is 3.47. The predicted octanol–water partition coefficient (Wildman–Crippen LogP) is 3.44. The second-order valence-electron chi connectivity index (χ2n) is 4.43. The normalized spacial score (nSPS) is 9.50. The van der Waals surface area contributed by atoms with Crippen molar-refractivity contribution in [1.29, 1.82) is 0 Å². The fourth-order valence-electron chi connectivity index (χ4n) is 1.62. The lowest BCUT2D eigenvalue weighted by Crippen LogP contribution is -2.17. The molecule has 0 fully saturated rings. The van der Waals surface area contributed by atoms with Crippen molar-refractivity contribution in [1.82, 2.24) is 5.48 Å². The number of anilines is 1. The molecule has 2 rings (SSSR count). The molecule has 0 bridgehead atoms. The zero-order valence-electron chi connectivity index (χ0n) is 11.9. The molecule has 0 spiro atoms. The van der Waals surface area contributed by atoms with Crippen LogP contribution in [0, 0.1) is 11.8 Å². The molecular formula is C17H16N2O2S. The van der Waals surface area contributed by atoms with E-state index in [0.29, 0.717) is 6.42 Å². The lowest BCUT2D eigenvalue weighted by Gasteiger charge is -2.05. The maximum Gasteiger partial charge on any atom is 0.244 e. The Morgan fingerprint density at radius 2 is 1.82 bits per heavy atom.